The first-order valence-electron chi connectivity index (χ1n) is 13.9. The third-order valence-corrected chi connectivity index (χ3v) is 8.91. The molecule has 2 aliphatic rings. The molecule has 220 valence electrons. The zero-order valence-electron chi connectivity index (χ0n) is 23.5. The standard InChI is InChI=1S/C31H34N4O6S/c1-30(2,37)19-40-24-10-11-28-27(17-33-35(28)18-24)29(36)34-22-13-31(14-22)15-25(16-31)41-23-8-6-20(7-9-23)21-4-3-5-26(12-21)42(32,38)39/h3-12,17-18,22,25,37H,13-16,19H2,1-2H3,(H,34,36)(H2,32,38,39). The molecular weight excluding hydrogens is 556 g/mol. The number of nitrogens with two attached hydrogens (primary N) is 1. The van der Waals surface area contributed by atoms with Crippen LogP contribution >= 0.6 is 0 Å². The minimum Gasteiger partial charge on any atom is -0.490 e. The number of amides is 1. The third kappa shape index (κ3) is 5.99. The second kappa shape index (κ2) is 10.4. The number of nitrogens with one attached hydrogen (secondary N) is 1. The van der Waals surface area contributed by atoms with Crippen LogP contribution in [0.4, 0.5) is 0 Å². The molecule has 1 spiro atoms. The maximum Gasteiger partial charge on any atom is 0.255 e. The Kier molecular flexibility index (Phi) is 6.99. The van der Waals surface area contributed by atoms with Crippen LogP contribution in [0.5, 0.6) is 11.5 Å². The van der Waals surface area contributed by atoms with E-state index in [4.69, 9.17) is 14.6 Å². The minimum absolute atomic E-state index is 0.0806. The highest BCUT2D eigenvalue weighted by atomic mass is 32.2. The second-order valence-corrected chi connectivity index (χ2v) is 13.7. The van der Waals surface area contributed by atoms with Crippen LogP contribution in [0.25, 0.3) is 16.6 Å². The maximum absolute atomic E-state index is 13.0. The van der Waals surface area contributed by atoms with Gasteiger partial charge in [-0.1, -0.05) is 24.3 Å². The van der Waals surface area contributed by atoms with Gasteiger partial charge in [-0.15, -0.1) is 0 Å². The van der Waals surface area contributed by atoms with Gasteiger partial charge in [-0.2, -0.15) is 5.10 Å². The summed E-state index contributed by atoms with van der Waals surface area (Å²) in [5.41, 5.74) is 2.11. The fraction of sp³-hybridized carbons (Fsp3) is 0.355. The van der Waals surface area contributed by atoms with E-state index in [1.54, 1.807) is 55.0 Å². The lowest BCUT2D eigenvalue weighted by atomic mass is 9.53. The number of nitrogens with zero attached hydrogens (tertiary/aromatic N) is 2. The van der Waals surface area contributed by atoms with Crippen LogP contribution in [0.3, 0.4) is 0 Å². The Balaban J connectivity index is 0.981. The Morgan fingerprint density at radius 1 is 1.07 bits per heavy atom. The van der Waals surface area contributed by atoms with Crippen LogP contribution in [0.1, 0.15) is 49.9 Å². The zero-order valence-corrected chi connectivity index (χ0v) is 24.3. The van der Waals surface area contributed by atoms with Gasteiger partial charge in [0.25, 0.3) is 5.91 Å². The normalized spacial score (nSPS) is 21.9. The predicted octanol–water partition coefficient (Wildman–Crippen LogP) is 3.92. The molecule has 42 heavy (non-hydrogen) atoms. The maximum atomic E-state index is 13.0. The van der Waals surface area contributed by atoms with Gasteiger partial charge in [0.2, 0.25) is 10.0 Å². The first kappa shape index (κ1) is 28.2. The SMILES string of the molecule is CC(C)(O)COc1ccc2c(C(=O)NC3CC4(C3)CC(Oc3ccc(-c5cccc(S(N)(=O)=O)c5)cc3)C4)cnn2c1. The second-order valence-electron chi connectivity index (χ2n) is 12.2. The van der Waals surface area contributed by atoms with Crippen LogP contribution in [0.15, 0.2) is 78.0 Å². The van der Waals surface area contributed by atoms with Crippen molar-refractivity contribution in [2.45, 2.75) is 62.2 Å². The lowest BCUT2D eigenvalue weighted by Gasteiger charge is -2.57. The summed E-state index contributed by atoms with van der Waals surface area (Å²) in [4.78, 5) is 13.1. The van der Waals surface area contributed by atoms with E-state index in [1.807, 2.05) is 30.3 Å². The number of pyridine rings is 1. The molecule has 0 bridgehead atoms. The summed E-state index contributed by atoms with van der Waals surface area (Å²) in [6, 6.07) is 17.9. The van der Waals surface area contributed by atoms with Crippen LogP contribution in [0, 0.1) is 5.41 Å². The fourth-order valence-electron chi connectivity index (χ4n) is 5.93. The monoisotopic (exact) mass is 590 g/mol. The molecule has 2 aromatic heterocycles. The van der Waals surface area contributed by atoms with Crippen molar-refractivity contribution in [3.05, 3.63) is 78.6 Å². The molecule has 0 aliphatic heterocycles. The van der Waals surface area contributed by atoms with Crippen LogP contribution in [-0.2, 0) is 10.0 Å². The highest BCUT2D eigenvalue weighted by Gasteiger charge is 2.54. The molecule has 1 amide bonds. The number of hydrogen-bond acceptors (Lipinski definition) is 7. The molecule has 0 radical (unpaired) electrons. The molecule has 11 heteroatoms. The van der Waals surface area contributed by atoms with E-state index in [1.165, 1.54) is 6.07 Å². The van der Waals surface area contributed by atoms with Gasteiger partial charge in [0.1, 0.15) is 18.1 Å². The van der Waals surface area contributed by atoms with Gasteiger partial charge in [0.05, 0.1) is 40.1 Å². The van der Waals surface area contributed by atoms with Crippen molar-refractivity contribution in [2.75, 3.05) is 6.61 Å². The van der Waals surface area contributed by atoms with Crippen molar-refractivity contribution in [3.8, 4) is 22.6 Å². The first-order valence-corrected chi connectivity index (χ1v) is 15.4. The van der Waals surface area contributed by atoms with Gasteiger partial charge in [-0.3, -0.25) is 4.79 Å². The molecule has 6 rings (SSSR count). The Morgan fingerprint density at radius 2 is 1.79 bits per heavy atom. The lowest BCUT2D eigenvalue weighted by molar-refractivity contribution is -0.0833. The summed E-state index contributed by atoms with van der Waals surface area (Å²) >= 11 is 0. The van der Waals surface area contributed by atoms with E-state index in [-0.39, 0.29) is 35.0 Å². The van der Waals surface area contributed by atoms with Gasteiger partial charge in [0, 0.05) is 6.04 Å². The van der Waals surface area contributed by atoms with Crippen molar-refractivity contribution in [1.82, 2.24) is 14.9 Å². The average Bonchev–Trinajstić information content (AvgIpc) is 3.32. The molecule has 2 heterocycles. The van der Waals surface area contributed by atoms with E-state index in [2.05, 4.69) is 10.4 Å². The van der Waals surface area contributed by atoms with Crippen molar-refractivity contribution in [1.29, 1.82) is 0 Å². The number of fused-ring (bicyclic) bond motifs is 1. The highest BCUT2D eigenvalue weighted by molar-refractivity contribution is 7.89. The van der Waals surface area contributed by atoms with Crippen molar-refractivity contribution in [2.24, 2.45) is 10.6 Å². The van der Waals surface area contributed by atoms with Gasteiger partial charge in [-0.05, 0) is 92.5 Å². The molecule has 0 unspecified atom stereocenters. The minimum atomic E-state index is -3.76. The summed E-state index contributed by atoms with van der Waals surface area (Å²) in [6.07, 6.45) is 7.13. The van der Waals surface area contributed by atoms with Crippen molar-refractivity contribution in [3.63, 3.8) is 0 Å². The molecule has 2 aliphatic carbocycles. The zero-order chi connectivity index (χ0) is 29.7. The topological polar surface area (TPSA) is 145 Å². The third-order valence-electron chi connectivity index (χ3n) is 7.99. The summed E-state index contributed by atoms with van der Waals surface area (Å²) in [7, 11) is -3.76. The molecule has 10 nitrogen and oxygen atoms in total. The summed E-state index contributed by atoms with van der Waals surface area (Å²) in [5, 5.41) is 22.6. The van der Waals surface area contributed by atoms with Crippen molar-refractivity contribution >= 4 is 21.4 Å². The molecule has 0 saturated heterocycles. The summed E-state index contributed by atoms with van der Waals surface area (Å²) < 4.78 is 36.7. The molecule has 2 fully saturated rings. The predicted molar refractivity (Wildman–Crippen MR) is 157 cm³/mol. The summed E-state index contributed by atoms with van der Waals surface area (Å²) in [5.74, 6) is 1.19. The first-order chi connectivity index (χ1) is 19.9. The fourth-order valence-corrected chi connectivity index (χ4v) is 6.49. The molecule has 0 atom stereocenters. The molecular formula is C31H34N4O6S. The molecule has 2 aromatic carbocycles. The Morgan fingerprint density at radius 3 is 2.48 bits per heavy atom. The Hall–Kier alpha value is -3.93. The molecule has 2 saturated carbocycles. The average molecular weight is 591 g/mol. The number of benzene rings is 2. The van der Waals surface area contributed by atoms with Crippen LogP contribution in [0.2, 0.25) is 0 Å². The summed E-state index contributed by atoms with van der Waals surface area (Å²) in [6.45, 7) is 3.49. The quantitative estimate of drug-likeness (QED) is 0.268. The van der Waals surface area contributed by atoms with Gasteiger partial charge in [0.15, 0.2) is 0 Å². The lowest BCUT2D eigenvalue weighted by Crippen LogP contribution is -2.58. The van der Waals surface area contributed by atoms with Gasteiger partial charge < -0.3 is 19.9 Å². The highest BCUT2D eigenvalue weighted by Crippen LogP contribution is 2.56. The molecule has 4 aromatic rings. The van der Waals surface area contributed by atoms with E-state index in [0.717, 1.165) is 42.6 Å². The number of carbonyl (C=O) groups excluding carboxylic acids is 1. The van der Waals surface area contributed by atoms with Gasteiger partial charge >= 0.3 is 0 Å². The number of hydrogen-bond donors (Lipinski definition) is 3. The molecule has 4 N–H and O–H groups in total. The Labute approximate surface area is 244 Å². The van der Waals surface area contributed by atoms with E-state index in [0.29, 0.717) is 16.8 Å². The number of rotatable bonds is 9. The number of ether oxygens (including phenoxy) is 2. The number of sulfonamides is 1. The number of aliphatic hydroxyl groups is 1. The Bertz CT molecular complexity index is 1730. The van der Waals surface area contributed by atoms with Crippen LogP contribution < -0.4 is 19.9 Å². The van der Waals surface area contributed by atoms with Crippen molar-refractivity contribution < 1.29 is 27.8 Å². The number of primary sulfonamides is 1. The van der Waals surface area contributed by atoms with Crippen LogP contribution in [-0.4, -0.2) is 53.4 Å². The van der Waals surface area contributed by atoms with E-state index >= 15 is 0 Å². The van der Waals surface area contributed by atoms with E-state index in [9.17, 15) is 18.3 Å². The largest absolute Gasteiger partial charge is 0.490 e. The number of aromatic nitrogens is 2. The van der Waals surface area contributed by atoms with Gasteiger partial charge in [-0.25, -0.2) is 18.1 Å². The van der Waals surface area contributed by atoms with E-state index < -0.39 is 15.6 Å². The number of carbonyl (C=O) groups is 1. The smallest absolute Gasteiger partial charge is 0.255 e.